The fraction of sp³-hybridized carbons (Fsp3) is 1.00. The number of rotatable bonds is 16. The Bertz CT molecular complexity index is 365. The van der Waals surface area contributed by atoms with E-state index in [1.807, 2.05) is 7.11 Å². The fourth-order valence-corrected chi connectivity index (χ4v) is 16.0. The minimum absolute atomic E-state index is 0.677. The highest BCUT2D eigenvalue weighted by Gasteiger charge is 2.34. The van der Waals surface area contributed by atoms with Gasteiger partial charge in [0.15, 0.2) is 25.7 Å². The van der Waals surface area contributed by atoms with Gasteiger partial charge in [-0.05, 0) is 77.3 Å². The van der Waals surface area contributed by atoms with Crippen LogP contribution in [0.1, 0.15) is 12.8 Å². The van der Waals surface area contributed by atoms with Crippen molar-refractivity contribution >= 4 is 34.2 Å². The first-order valence-corrected chi connectivity index (χ1v) is 21.8. The van der Waals surface area contributed by atoms with Crippen LogP contribution in [0.15, 0.2) is 0 Å². The van der Waals surface area contributed by atoms with Crippen molar-refractivity contribution in [1.29, 1.82) is 0 Å². The second kappa shape index (κ2) is 13.0. The first kappa shape index (κ1) is 26.7. The molecule has 0 saturated carbocycles. The Morgan fingerprint density at radius 2 is 1.15 bits per heavy atom. The predicted octanol–water partition coefficient (Wildman–Crippen LogP) is 4.57. The first-order valence-electron chi connectivity index (χ1n) is 9.98. The maximum absolute atomic E-state index is 6.45. The average Bonchev–Trinajstić information content (AvgIpc) is 2.46. The summed E-state index contributed by atoms with van der Waals surface area (Å²) in [5, 5.41) is 0. The molecule has 0 aliphatic rings. The minimum Gasteiger partial charge on any atom is -0.440 e. The molecule has 0 amide bonds. The third-order valence-corrected chi connectivity index (χ3v) is 16.7. The monoisotopic (exact) mass is 440 g/mol. The van der Waals surface area contributed by atoms with Gasteiger partial charge in [-0.1, -0.05) is 0 Å². The largest absolute Gasteiger partial charge is 0.440 e. The molecule has 0 aliphatic heterocycles. The quantitative estimate of drug-likeness (QED) is 0.260. The molecular formula is C17H44O5Si4. The molecule has 0 aliphatic carbocycles. The van der Waals surface area contributed by atoms with Crippen molar-refractivity contribution in [1.82, 2.24) is 0 Å². The zero-order valence-electron chi connectivity index (χ0n) is 18.8. The van der Waals surface area contributed by atoms with Gasteiger partial charge in [0.25, 0.3) is 0 Å². The van der Waals surface area contributed by atoms with E-state index in [9.17, 15) is 0 Å². The van der Waals surface area contributed by atoms with Crippen molar-refractivity contribution in [2.75, 3.05) is 33.5 Å². The molecule has 9 heteroatoms. The van der Waals surface area contributed by atoms with Crippen LogP contribution in [-0.2, 0) is 22.1 Å². The average molecular weight is 441 g/mol. The van der Waals surface area contributed by atoms with E-state index in [0.29, 0.717) is 13.2 Å². The van der Waals surface area contributed by atoms with Crippen LogP contribution in [-0.4, -0.2) is 67.8 Å². The number of hydrogen-bond acceptors (Lipinski definition) is 5. The zero-order valence-corrected chi connectivity index (χ0v) is 22.9. The van der Waals surface area contributed by atoms with Crippen LogP contribution in [0.2, 0.25) is 64.5 Å². The number of ether oxygens (including phenoxy) is 2. The van der Waals surface area contributed by atoms with Crippen molar-refractivity contribution < 1.29 is 22.1 Å². The summed E-state index contributed by atoms with van der Waals surface area (Å²) < 4.78 is 29.5. The van der Waals surface area contributed by atoms with Gasteiger partial charge in [-0.3, -0.25) is 0 Å². The Morgan fingerprint density at radius 3 is 1.58 bits per heavy atom. The Labute approximate surface area is 167 Å². The van der Waals surface area contributed by atoms with Crippen molar-refractivity contribution in [2.45, 2.75) is 77.3 Å². The molecule has 0 rings (SSSR count). The molecule has 0 spiro atoms. The summed E-state index contributed by atoms with van der Waals surface area (Å²) in [6.45, 7) is 20.8. The van der Waals surface area contributed by atoms with E-state index in [0.717, 1.165) is 38.1 Å². The summed E-state index contributed by atoms with van der Waals surface area (Å²) in [5.41, 5.74) is 0. The molecule has 5 nitrogen and oxygen atoms in total. The van der Waals surface area contributed by atoms with Gasteiger partial charge in [0.05, 0.1) is 13.2 Å². The summed E-state index contributed by atoms with van der Waals surface area (Å²) in [6, 6.07) is 2.26. The summed E-state index contributed by atoms with van der Waals surface area (Å²) in [4.78, 5) is 0. The first-order chi connectivity index (χ1) is 11.9. The van der Waals surface area contributed by atoms with E-state index in [-0.39, 0.29) is 0 Å². The van der Waals surface area contributed by atoms with Crippen LogP contribution in [0.25, 0.3) is 0 Å². The standard InChI is InChI=1S/C17H44O5Si4/c1-18-24(4,5)16-10-12-19-14-15-20-13-11-17-25(6,7)22-26(8,9)21-23(2)3/h23H,10-17H2,1-9H3. The Balaban J connectivity index is 3.68. The molecular weight excluding hydrogens is 397 g/mol. The van der Waals surface area contributed by atoms with Crippen LogP contribution in [0.4, 0.5) is 0 Å². The van der Waals surface area contributed by atoms with Crippen LogP contribution in [0.5, 0.6) is 0 Å². The molecule has 0 fully saturated rings. The molecule has 0 saturated heterocycles. The highest BCUT2D eigenvalue weighted by atomic mass is 28.5. The van der Waals surface area contributed by atoms with Gasteiger partial charge in [-0.25, -0.2) is 0 Å². The SMILES string of the molecule is CO[Si](C)(C)CCCOCCOCCC[Si](C)(C)O[Si](C)(C)O[SiH](C)C. The second-order valence-corrected chi connectivity index (χ2v) is 23.9. The molecule has 0 unspecified atom stereocenters. The minimum atomic E-state index is -1.96. The highest BCUT2D eigenvalue weighted by Crippen LogP contribution is 2.21. The summed E-state index contributed by atoms with van der Waals surface area (Å²) in [6.07, 6.45) is 2.13. The molecule has 0 bridgehead atoms. The van der Waals surface area contributed by atoms with Gasteiger partial charge in [-0.2, -0.15) is 0 Å². The van der Waals surface area contributed by atoms with Crippen LogP contribution in [0, 0.1) is 0 Å². The molecule has 0 atom stereocenters. The lowest BCUT2D eigenvalue weighted by molar-refractivity contribution is 0.0478. The van der Waals surface area contributed by atoms with Gasteiger partial charge in [-0.15, -0.1) is 0 Å². The van der Waals surface area contributed by atoms with Crippen molar-refractivity contribution in [3.8, 4) is 0 Å². The van der Waals surface area contributed by atoms with Gasteiger partial charge < -0.3 is 22.1 Å². The smallest absolute Gasteiger partial charge is 0.310 e. The lowest BCUT2D eigenvalue weighted by Crippen LogP contribution is -2.48. The maximum Gasteiger partial charge on any atom is 0.310 e. The molecule has 26 heavy (non-hydrogen) atoms. The van der Waals surface area contributed by atoms with Crippen LogP contribution < -0.4 is 0 Å². The fourth-order valence-electron chi connectivity index (χ4n) is 2.93. The zero-order chi connectivity index (χ0) is 20.3. The summed E-state index contributed by atoms with van der Waals surface area (Å²) in [7, 11) is -4.28. The molecule has 0 aromatic carbocycles. The van der Waals surface area contributed by atoms with Gasteiger partial charge in [0.1, 0.15) is 0 Å². The van der Waals surface area contributed by atoms with Gasteiger partial charge in [0, 0.05) is 20.3 Å². The Hall–Kier alpha value is 0.668. The highest BCUT2D eigenvalue weighted by molar-refractivity contribution is 6.84. The van der Waals surface area contributed by atoms with Crippen molar-refractivity contribution in [3.05, 3.63) is 0 Å². The van der Waals surface area contributed by atoms with E-state index in [1.165, 1.54) is 0 Å². The maximum atomic E-state index is 6.45. The number of hydrogen-bond donors (Lipinski definition) is 0. The lowest BCUT2D eigenvalue weighted by atomic mass is 10.5. The molecule has 0 aromatic rings. The normalized spacial score (nSPS) is 13.6. The van der Waals surface area contributed by atoms with Crippen LogP contribution >= 0.6 is 0 Å². The summed E-state index contributed by atoms with van der Waals surface area (Å²) in [5.74, 6) is 0. The third-order valence-electron chi connectivity index (χ3n) is 4.10. The van der Waals surface area contributed by atoms with E-state index >= 15 is 0 Å². The third kappa shape index (κ3) is 15.7. The lowest BCUT2D eigenvalue weighted by Gasteiger charge is -2.34. The predicted molar refractivity (Wildman–Crippen MR) is 121 cm³/mol. The Kier molecular flexibility index (Phi) is 13.3. The van der Waals surface area contributed by atoms with Crippen molar-refractivity contribution in [3.63, 3.8) is 0 Å². The van der Waals surface area contributed by atoms with Crippen molar-refractivity contribution in [2.24, 2.45) is 0 Å². The molecule has 158 valence electrons. The molecule has 0 N–H and O–H groups in total. The molecule has 0 aromatic heterocycles. The molecule has 0 radical (unpaired) electrons. The van der Waals surface area contributed by atoms with Gasteiger partial charge in [0.2, 0.25) is 0 Å². The van der Waals surface area contributed by atoms with E-state index in [1.54, 1.807) is 0 Å². The molecule has 0 heterocycles. The Morgan fingerprint density at radius 1 is 0.692 bits per heavy atom. The van der Waals surface area contributed by atoms with E-state index in [4.69, 9.17) is 22.1 Å². The second-order valence-electron chi connectivity index (χ2n) is 8.82. The van der Waals surface area contributed by atoms with Gasteiger partial charge >= 0.3 is 8.56 Å². The van der Waals surface area contributed by atoms with E-state index < -0.39 is 34.2 Å². The topological polar surface area (TPSA) is 46.2 Å². The van der Waals surface area contributed by atoms with E-state index in [2.05, 4.69) is 52.4 Å². The summed E-state index contributed by atoms with van der Waals surface area (Å²) >= 11 is 0. The van der Waals surface area contributed by atoms with Crippen LogP contribution in [0.3, 0.4) is 0 Å².